The summed E-state index contributed by atoms with van der Waals surface area (Å²) in [7, 11) is 1.49. The van der Waals surface area contributed by atoms with E-state index in [1.54, 1.807) is 0 Å². The second-order valence-electron chi connectivity index (χ2n) is 3.77. The lowest BCUT2D eigenvalue weighted by molar-refractivity contribution is -0.141. The van der Waals surface area contributed by atoms with Crippen molar-refractivity contribution in [1.82, 2.24) is 4.90 Å². The summed E-state index contributed by atoms with van der Waals surface area (Å²) in [6.45, 7) is 1.60. The third-order valence-electron chi connectivity index (χ3n) is 2.26. The predicted octanol–water partition coefficient (Wildman–Crippen LogP) is 0.433. The molecule has 1 amide bonds. The van der Waals surface area contributed by atoms with E-state index in [2.05, 4.69) is 4.42 Å². The van der Waals surface area contributed by atoms with E-state index in [9.17, 15) is 14.4 Å². The molecule has 6 heteroatoms. The van der Waals surface area contributed by atoms with E-state index in [4.69, 9.17) is 5.11 Å². The summed E-state index contributed by atoms with van der Waals surface area (Å²) in [6, 6.07) is 2.48. The molecule has 0 aliphatic rings. The molecule has 0 aliphatic heterocycles. The summed E-state index contributed by atoms with van der Waals surface area (Å²) in [4.78, 5) is 34.4. The van der Waals surface area contributed by atoms with Crippen LogP contribution < -0.4 is 5.63 Å². The normalized spacial score (nSPS) is 11.9. The molecule has 0 saturated heterocycles. The molecule has 92 valence electrons. The second kappa shape index (κ2) is 5.29. The lowest BCUT2D eigenvalue weighted by Crippen LogP contribution is -2.33. The molecule has 1 rings (SSSR count). The van der Waals surface area contributed by atoms with E-state index >= 15 is 0 Å². The Kier molecular flexibility index (Phi) is 4.03. The number of amides is 1. The van der Waals surface area contributed by atoms with Crippen LogP contribution >= 0.6 is 0 Å². The monoisotopic (exact) mass is 239 g/mol. The van der Waals surface area contributed by atoms with Crippen LogP contribution in [0.5, 0.6) is 0 Å². The van der Waals surface area contributed by atoms with Crippen LogP contribution in [0, 0.1) is 5.92 Å². The maximum atomic E-state index is 11.8. The molecule has 0 radical (unpaired) electrons. The molecule has 0 spiro atoms. The van der Waals surface area contributed by atoms with Crippen molar-refractivity contribution in [3.63, 3.8) is 0 Å². The van der Waals surface area contributed by atoms with Gasteiger partial charge in [0.15, 0.2) is 0 Å². The van der Waals surface area contributed by atoms with Gasteiger partial charge in [0.1, 0.15) is 6.26 Å². The van der Waals surface area contributed by atoms with Crippen LogP contribution in [0.15, 0.2) is 27.6 Å². The van der Waals surface area contributed by atoms with Gasteiger partial charge < -0.3 is 14.4 Å². The van der Waals surface area contributed by atoms with Gasteiger partial charge in [0.2, 0.25) is 0 Å². The lowest BCUT2D eigenvalue weighted by Gasteiger charge is -2.18. The minimum absolute atomic E-state index is 0.0906. The van der Waals surface area contributed by atoms with E-state index in [0.29, 0.717) is 0 Å². The average molecular weight is 239 g/mol. The van der Waals surface area contributed by atoms with Gasteiger partial charge in [-0.15, -0.1) is 0 Å². The van der Waals surface area contributed by atoms with Gasteiger partial charge >= 0.3 is 11.6 Å². The summed E-state index contributed by atoms with van der Waals surface area (Å²) in [5, 5.41) is 8.72. The Morgan fingerprint density at radius 3 is 2.59 bits per heavy atom. The molecular weight excluding hydrogens is 226 g/mol. The fourth-order valence-electron chi connectivity index (χ4n) is 1.27. The zero-order valence-electron chi connectivity index (χ0n) is 9.54. The fraction of sp³-hybridized carbons (Fsp3) is 0.364. The molecule has 0 saturated carbocycles. The summed E-state index contributed by atoms with van der Waals surface area (Å²) < 4.78 is 4.56. The number of nitrogens with zero attached hydrogens (tertiary/aromatic N) is 1. The van der Waals surface area contributed by atoms with Crippen molar-refractivity contribution in [1.29, 1.82) is 0 Å². The maximum Gasteiger partial charge on any atom is 0.335 e. The van der Waals surface area contributed by atoms with Crippen molar-refractivity contribution in [2.75, 3.05) is 13.6 Å². The Bertz CT molecular complexity index is 459. The molecule has 0 aromatic carbocycles. The zero-order valence-corrected chi connectivity index (χ0v) is 9.54. The topological polar surface area (TPSA) is 87.8 Å². The van der Waals surface area contributed by atoms with E-state index in [-0.39, 0.29) is 18.0 Å². The predicted molar refractivity (Wildman–Crippen MR) is 58.7 cm³/mol. The molecule has 1 atom stereocenters. The Hall–Kier alpha value is -2.11. The van der Waals surface area contributed by atoms with Crippen molar-refractivity contribution in [2.45, 2.75) is 6.92 Å². The molecule has 0 fully saturated rings. The molecule has 1 aromatic heterocycles. The zero-order chi connectivity index (χ0) is 13.0. The van der Waals surface area contributed by atoms with Crippen LogP contribution in [0.25, 0.3) is 0 Å². The van der Waals surface area contributed by atoms with E-state index in [1.165, 1.54) is 24.9 Å². The number of carbonyl (C=O) groups excluding carboxylic acids is 1. The fourth-order valence-corrected chi connectivity index (χ4v) is 1.27. The van der Waals surface area contributed by atoms with Gasteiger partial charge in [-0.2, -0.15) is 0 Å². The SMILES string of the molecule is CC(CN(C)C(=O)c1ccc(=O)oc1)C(=O)O. The van der Waals surface area contributed by atoms with Crippen LogP contribution in [0.4, 0.5) is 0 Å². The summed E-state index contributed by atoms with van der Waals surface area (Å²) >= 11 is 0. The molecule has 17 heavy (non-hydrogen) atoms. The van der Waals surface area contributed by atoms with Gasteiger partial charge in [0.05, 0.1) is 11.5 Å². The molecule has 0 bridgehead atoms. The van der Waals surface area contributed by atoms with Crippen LogP contribution in [-0.2, 0) is 4.79 Å². The molecule has 1 heterocycles. The number of aliphatic carboxylic acids is 1. The number of hydrogen-bond donors (Lipinski definition) is 1. The van der Waals surface area contributed by atoms with E-state index < -0.39 is 17.5 Å². The quantitative estimate of drug-likeness (QED) is 0.823. The Morgan fingerprint density at radius 2 is 2.12 bits per heavy atom. The van der Waals surface area contributed by atoms with Crippen molar-refractivity contribution in [2.24, 2.45) is 5.92 Å². The molecular formula is C11H13NO5. The first kappa shape index (κ1) is 13.0. The van der Waals surface area contributed by atoms with Crippen LogP contribution in [0.1, 0.15) is 17.3 Å². The summed E-state index contributed by atoms with van der Waals surface area (Å²) in [5.41, 5.74) is -0.326. The van der Waals surface area contributed by atoms with Crippen LogP contribution in [-0.4, -0.2) is 35.5 Å². The highest BCUT2D eigenvalue weighted by Crippen LogP contribution is 2.04. The highest BCUT2D eigenvalue weighted by atomic mass is 16.4. The molecule has 0 aliphatic carbocycles. The highest BCUT2D eigenvalue weighted by molar-refractivity contribution is 5.93. The highest BCUT2D eigenvalue weighted by Gasteiger charge is 2.18. The minimum atomic E-state index is -0.968. The van der Waals surface area contributed by atoms with Gasteiger partial charge in [0.25, 0.3) is 5.91 Å². The van der Waals surface area contributed by atoms with Gasteiger partial charge in [0, 0.05) is 19.7 Å². The number of hydrogen-bond acceptors (Lipinski definition) is 4. The first-order valence-corrected chi connectivity index (χ1v) is 4.99. The minimum Gasteiger partial charge on any atom is -0.481 e. The average Bonchev–Trinajstić information content (AvgIpc) is 2.28. The summed E-state index contributed by atoms with van der Waals surface area (Å²) in [6.07, 6.45) is 1.06. The molecule has 6 nitrogen and oxygen atoms in total. The van der Waals surface area contributed by atoms with Crippen molar-refractivity contribution >= 4 is 11.9 Å². The largest absolute Gasteiger partial charge is 0.481 e. The Labute approximate surface area is 97.5 Å². The number of carboxylic acid groups (broad SMARTS) is 1. The van der Waals surface area contributed by atoms with E-state index in [0.717, 1.165) is 12.3 Å². The van der Waals surface area contributed by atoms with Gasteiger partial charge in [-0.05, 0) is 6.07 Å². The van der Waals surface area contributed by atoms with Crippen LogP contribution in [0.3, 0.4) is 0 Å². The van der Waals surface area contributed by atoms with Crippen LogP contribution in [0.2, 0.25) is 0 Å². The number of carbonyl (C=O) groups is 2. The number of carboxylic acids is 1. The molecule has 1 unspecified atom stereocenters. The smallest absolute Gasteiger partial charge is 0.335 e. The van der Waals surface area contributed by atoms with Crippen molar-refractivity contribution in [3.8, 4) is 0 Å². The van der Waals surface area contributed by atoms with Crippen molar-refractivity contribution in [3.05, 3.63) is 34.4 Å². The van der Waals surface area contributed by atoms with Gasteiger partial charge in [-0.1, -0.05) is 6.92 Å². The maximum absolute atomic E-state index is 11.8. The first-order chi connectivity index (χ1) is 7.91. The third-order valence-corrected chi connectivity index (χ3v) is 2.26. The summed E-state index contributed by atoms with van der Waals surface area (Å²) in [5.74, 6) is -2.01. The molecule has 1 N–H and O–H groups in total. The van der Waals surface area contributed by atoms with E-state index in [1.807, 2.05) is 0 Å². The Balaban J connectivity index is 2.73. The third kappa shape index (κ3) is 3.44. The number of rotatable bonds is 4. The Morgan fingerprint density at radius 1 is 1.47 bits per heavy atom. The van der Waals surface area contributed by atoms with Crippen molar-refractivity contribution < 1.29 is 19.1 Å². The van der Waals surface area contributed by atoms with Gasteiger partial charge in [-0.3, -0.25) is 9.59 Å². The lowest BCUT2D eigenvalue weighted by atomic mass is 10.1. The second-order valence-corrected chi connectivity index (χ2v) is 3.77. The standard InChI is InChI=1S/C11H13NO5/c1-7(11(15)16)5-12(2)10(14)8-3-4-9(13)17-6-8/h3-4,6-7H,5H2,1-2H3,(H,15,16). The van der Waals surface area contributed by atoms with Gasteiger partial charge in [-0.25, -0.2) is 4.79 Å². The first-order valence-electron chi connectivity index (χ1n) is 4.99. The molecule has 1 aromatic rings.